The van der Waals surface area contributed by atoms with Crippen molar-refractivity contribution >= 4 is 52.2 Å². The molecule has 1 aliphatic rings. The lowest BCUT2D eigenvalue weighted by Crippen LogP contribution is -2.71. The lowest BCUT2D eigenvalue weighted by atomic mass is 9.98. The fourth-order valence-electron chi connectivity index (χ4n) is 3.82. The number of imidazole rings is 1. The molecule has 0 aliphatic carbocycles. The Morgan fingerprint density at radius 3 is 2.08 bits per heavy atom. The van der Waals surface area contributed by atoms with Gasteiger partial charge < -0.3 is 29.7 Å². The molecule has 0 radical (unpaired) electrons. The molecule has 3 rings (SSSR count). The van der Waals surface area contributed by atoms with E-state index in [1.165, 1.54) is 36.2 Å². The number of oxime groups is 1. The average Bonchev–Trinajstić information content (AvgIpc) is 3.50. The largest absolute Gasteiger partial charge is 0.457 e. The minimum absolute atomic E-state index is 0.0505. The van der Waals surface area contributed by atoms with E-state index in [0.717, 1.165) is 15.9 Å². The summed E-state index contributed by atoms with van der Waals surface area (Å²) in [5, 5.41) is 13.1. The molecule has 2 atom stereocenters. The number of ether oxygens (including phenoxy) is 3. The lowest BCUT2D eigenvalue weighted by Gasteiger charge is -2.37. The topological polar surface area (TPSA) is 211 Å². The maximum atomic E-state index is 13.6. The van der Waals surface area contributed by atoms with Crippen LogP contribution in [0.15, 0.2) is 27.7 Å². The standard InChI is InChI=1S/C30H43N7O10S/c1-27(2,3)44-22(40)30(10,11)47-35-19(17-15-48-23(32-17)34-24(41)45-28(4,5)6)21(39)33-18-16(31-20(18)38)14-36-12-13-37(25(36)42)26(43)46-29(7,8)9/h12-13,15-16,18H,14H2,1-11H3,(H,31,38)(H,33,39)(H,32,34,41)/b35-19-/t16-,18+/m1/s1. The van der Waals surface area contributed by atoms with Gasteiger partial charge in [0.2, 0.25) is 11.5 Å². The Hall–Kier alpha value is -4.74. The highest BCUT2D eigenvalue weighted by atomic mass is 32.1. The van der Waals surface area contributed by atoms with Crippen LogP contribution in [-0.2, 0) is 40.0 Å². The number of nitrogens with one attached hydrogen (secondary N) is 3. The molecule has 1 fully saturated rings. The fraction of sp³-hybridized carbons (Fsp3) is 0.600. The molecule has 0 saturated carbocycles. The van der Waals surface area contributed by atoms with Gasteiger partial charge in [0.1, 0.15) is 28.5 Å². The number of thiazole rings is 1. The van der Waals surface area contributed by atoms with Crippen molar-refractivity contribution in [2.24, 2.45) is 5.16 Å². The number of amides is 3. The van der Waals surface area contributed by atoms with Crippen LogP contribution in [0.3, 0.4) is 0 Å². The number of carbonyl (C=O) groups excluding carboxylic acids is 5. The van der Waals surface area contributed by atoms with Crippen molar-refractivity contribution in [2.75, 3.05) is 5.32 Å². The van der Waals surface area contributed by atoms with E-state index in [-0.39, 0.29) is 17.4 Å². The SMILES string of the molecule is CC(C)(C)OC(=O)Nc1nc(/C(=N/OC(C)(C)C(=O)OC(C)(C)C)C(=O)N[C@@H]2C(=O)N[C@@H]2Cn2ccn(C(=O)OC(C)(C)C)c2=O)cs1. The van der Waals surface area contributed by atoms with Gasteiger partial charge in [0, 0.05) is 24.3 Å². The van der Waals surface area contributed by atoms with Gasteiger partial charge in [0.05, 0.1) is 6.04 Å². The lowest BCUT2D eigenvalue weighted by molar-refractivity contribution is -0.179. The summed E-state index contributed by atoms with van der Waals surface area (Å²) in [4.78, 5) is 86.2. The van der Waals surface area contributed by atoms with Crippen LogP contribution in [0.1, 0.15) is 81.9 Å². The zero-order valence-corrected chi connectivity index (χ0v) is 29.7. The zero-order valence-electron chi connectivity index (χ0n) is 28.9. The van der Waals surface area contributed by atoms with Gasteiger partial charge in [-0.2, -0.15) is 0 Å². The van der Waals surface area contributed by atoms with E-state index < -0.39 is 75.9 Å². The van der Waals surface area contributed by atoms with Gasteiger partial charge >= 0.3 is 23.8 Å². The van der Waals surface area contributed by atoms with E-state index in [2.05, 4.69) is 26.1 Å². The molecule has 18 heteroatoms. The van der Waals surface area contributed by atoms with Gasteiger partial charge in [-0.25, -0.2) is 28.7 Å². The summed E-state index contributed by atoms with van der Waals surface area (Å²) in [5.74, 6) is -2.22. The Bertz CT molecular complexity index is 1650. The second-order valence-corrected chi connectivity index (χ2v) is 15.2. The quantitative estimate of drug-likeness (QED) is 0.114. The summed E-state index contributed by atoms with van der Waals surface area (Å²) in [6.45, 7) is 17.8. The third-order valence-corrected chi connectivity index (χ3v) is 6.71. The van der Waals surface area contributed by atoms with E-state index in [9.17, 15) is 28.8 Å². The molecule has 1 saturated heterocycles. The first-order chi connectivity index (χ1) is 21.8. The molecule has 3 heterocycles. The molecule has 3 N–H and O–H groups in total. The Morgan fingerprint density at radius 1 is 0.917 bits per heavy atom. The number of hydrogen-bond donors (Lipinski definition) is 3. The summed E-state index contributed by atoms with van der Waals surface area (Å²) in [6.07, 6.45) is 0.944. The van der Waals surface area contributed by atoms with Crippen LogP contribution in [0.4, 0.5) is 14.7 Å². The molecule has 0 unspecified atom stereocenters. The highest BCUT2D eigenvalue weighted by Gasteiger charge is 2.42. The van der Waals surface area contributed by atoms with E-state index in [0.29, 0.717) is 0 Å². The van der Waals surface area contributed by atoms with Crippen LogP contribution in [0, 0.1) is 0 Å². The minimum Gasteiger partial charge on any atom is -0.457 e. The highest BCUT2D eigenvalue weighted by molar-refractivity contribution is 7.14. The van der Waals surface area contributed by atoms with Gasteiger partial charge in [0.15, 0.2) is 10.8 Å². The van der Waals surface area contributed by atoms with Gasteiger partial charge in [-0.3, -0.25) is 19.5 Å². The van der Waals surface area contributed by atoms with Crippen molar-refractivity contribution in [3.8, 4) is 0 Å². The van der Waals surface area contributed by atoms with E-state index in [1.54, 1.807) is 62.3 Å². The minimum atomic E-state index is -1.65. The number of carbonyl (C=O) groups is 5. The summed E-state index contributed by atoms with van der Waals surface area (Å²) >= 11 is 0.960. The Morgan fingerprint density at radius 2 is 1.52 bits per heavy atom. The molecule has 2 aromatic heterocycles. The first-order valence-corrected chi connectivity index (χ1v) is 15.8. The van der Waals surface area contributed by atoms with Gasteiger partial charge in [-0.15, -0.1) is 11.3 Å². The fourth-order valence-corrected chi connectivity index (χ4v) is 4.50. The van der Waals surface area contributed by atoms with Crippen molar-refractivity contribution in [3.05, 3.63) is 34.0 Å². The number of aromatic nitrogens is 3. The second-order valence-electron chi connectivity index (χ2n) is 14.4. The van der Waals surface area contributed by atoms with Crippen LogP contribution < -0.4 is 21.6 Å². The van der Waals surface area contributed by atoms with Crippen LogP contribution >= 0.6 is 11.3 Å². The predicted molar refractivity (Wildman–Crippen MR) is 174 cm³/mol. The molecule has 264 valence electrons. The van der Waals surface area contributed by atoms with Crippen molar-refractivity contribution in [2.45, 2.75) is 117 Å². The number of β-lactam (4-membered cyclic amide) rings is 1. The number of rotatable bonds is 9. The second kappa shape index (κ2) is 13.8. The van der Waals surface area contributed by atoms with Crippen molar-refractivity contribution in [3.63, 3.8) is 0 Å². The van der Waals surface area contributed by atoms with Gasteiger partial charge in [-0.1, -0.05) is 5.16 Å². The molecular formula is C30H43N7O10S. The zero-order chi connectivity index (χ0) is 36.4. The Balaban J connectivity index is 1.84. The van der Waals surface area contributed by atoms with Crippen molar-refractivity contribution < 1.29 is 43.0 Å². The van der Waals surface area contributed by atoms with E-state index in [4.69, 9.17) is 19.0 Å². The molecule has 1 aliphatic heterocycles. The molecule has 0 bridgehead atoms. The van der Waals surface area contributed by atoms with Crippen LogP contribution in [0.5, 0.6) is 0 Å². The Kier molecular flexibility index (Phi) is 10.8. The van der Waals surface area contributed by atoms with Crippen molar-refractivity contribution in [1.82, 2.24) is 24.8 Å². The molecule has 17 nitrogen and oxygen atoms in total. The van der Waals surface area contributed by atoms with Crippen LogP contribution in [-0.4, -0.2) is 84.3 Å². The number of nitrogens with zero attached hydrogens (tertiary/aromatic N) is 4. The van der Waals surface area contributed by atoms with Gasteiger partial charge in [-0.05, 0) is 76.2 Å². The van der Waals surface area contributed by atoms with E-state index >= 15 is 0 Å². The molecule has 48 heavy (non-hydrogen) atoms. The third-order valence-electron chi connectivity index (χ3n) is 5.96. The maximum Gasteiger partial charge on any atom is 0.422 e. The molecule has 3 amide bonds. The first-order valence-electron chi connectivity index (χ1n) is 14.9. The third kappa shape index (κ3) is 10.4. The monoisotopic (exact) mass is 693 g/mol. The van der Waals surface area contributed by atoms with Crippen LogP contribution in [0.2, 0.25) is 0 Å². The molecule has 0 spiro atoms. The summed E-state index contributed by atoms with van der Waals surface area (Å²) in [5.41, 5.74) is -5.27. The molecule has 0 aromatic carbocycles. The normalized spacial score (nSPS) is 17.1. The Labute approximate surface area is 281 Å². The predicted octanol–water partition coefficient (Wildman–Crippen LogP) is 2.76. The van der Waals surface area contributed by atoms with Crippen molar-refractivity contribution in [1.29, 1.82) is 0 Å². The number of anilines is 1. The van der Waals surface area contributed by atoms with E-state index in [1.807, 2.05) is 0 Å². The average molecular weight is 694 g/mol. The number of hydrogen-bond acceptors (Lipinski definition) is 13. The maximum absolute atomic E-state index is 13.6. The summed E-state index contributed by atoms with van der Waals surface area (Å²) in [6, 6.07) is -1.88. The summed E-state index contributed by atoms with van der Waals surface area (Å²) in [7, 11) is 0. The number of esters is 1. The highest BCUT2D eigenvalue weighted by Crippen LogP contribution is 2.21. The molecular weight excluding hydrogens is 650 g/mol. The van der Waals surface area contributed by atoms with Crippen LogP contribution in [0.25, 0.3) is 0 Å². The first kappa shape index (κ1) is 37.7. The smallest absolute Gasteiger partial charge is 0.422 e. The summed E-state index contributed by atoms with van der Waals surface area (Å²) < 4.78 is 17.9. The van der Waals surface area contributed by atoms with Gasteiger partial charge in [0.25, 0.3) is 5.91 Å². The molecule has 2 aromatic rings.